The Morgan fingerprint density at radius 1 is 0.578 bits per heavy atom. The van der Waals surface area contributed by atoms with Crippen molar-refractivity contribution in [3.63, 3.8) is 0 Å². The molecule has 1 N–H and O–H groups in total. The predicted molar refractivity (Wildman–Crippen MR) is 247 cm³/mol. The van der Waals surface area contributed by atoms with Gasteiger partial charge < -0.3 is 19.3 Å². The zero-order valence-electron chi connectivity index (χ0n) is 33.7. The van der Waals surface area contributed by atoms with Crippen LogP contribution >= 0.6 is 58.0 Å². The highest BCUT2D eigenvalue weighted by Gasteiger charge is 2.27. The molecule has 0 radical (unpaired) electrons. The minimum Gasteiger partial charge on any atom is -0.504 e. The van der Waals surface area contributed by atoms with Gasteiger partial charge in [0, 0.05) is 42.3 Å². The molecule has 10 nitrogen and oxygen atoms in total. The number of ether oxygens (including phenoxy) is 3. The van der Waals surface area contributed by atoms with Gasteiger partial charge in [0.25, 0.3) is 11.1 Å². The third-order valence-corrected chi connectivity index (χ3v) is 12.3. The molecule has 0 aliphatic carbocycles. The van der Waals surface area contributed by atoms with Crippen molar-refractivity contribution < 1.29 is 28.1 Å². The summed E-state index contributed by atoms with van der Waals surface area (Å²) in [7, 11) is 0. The van der Waals surface area contributed by atoms with Crippen molar-refractivity contribution >= 4 is 63.6 Å². The van der Waals surface area contributed by atoms with Crippen LogP contribution in [-0.4, -0.2) is 30.4 Å². The number of halogens is 7. The molecule has 0 atom stereocenters. The average Bonchev–Trinajstić information content (AvgIpc) is 3.69. The summed E-state index contributed by atoms with van der Waals surface area (Å²) < 4.78 is 53.8. The van der Waals surface area contributed by atoms with Crippen molar-refractivity contribution in [3.8, 4) is 56.8 Å². The summed E-state index contributed by atoms with van der Waals surface area (Å²) in [6, 6.07) is 25.6. The van der Waals surface area contributed by atoms with Crippen LogP contribution in [0, 0.1) is 11.6 Å². The molecule has 17 heteroatoms. The molecule has 0 unspecified atom stereocenters. The maximum absolute atomic E-state index is 15.1. The number of para-hydroxylation sites is 4. The molecule has 7 aromatic rings. The monoisotopic (exact) mass is 966 g/mol. The molecule has 0 saturated heterocycles. The second-order valence-corrected chi connectivity index (χ2v) is 16.9. The molecule has 64 heavy (non-hydrogen) atoms. The number of benzene rings is 5. The van der Waals surface area contributed by atoms with Crippen LogP contribution in [-0.2, 0) is 26.2 Å². The lowest BCUT2D eigenvalue weighted by molar-refractivity contribution is 0.345. The maximum Gasteiger partial charge on any atom is 0.276 e. The van der Waals surface area contributed by atoms with Gasteiger partial charge in [-0.1, -0.05) is 101 Å². The molecule has 0 saturated carbocycles. The first-order chi connectivity index (χ1) is 30.8. The Morgan fingerprint density at radius 3 is 1.55 bits per heavy atom. The smallest absolute Gasteiger partial charge is 0.276 e. The van der Waals surface area contributed by atoms with Crippen LogP contribution in [0.3, 0.4) is 0 Å². The Bertz CT molecular complexity index is 3050. The summed E-state index contributed by atoms with van der Waals surface area (Å²) in [6.45, 7) is 6.52. The van der Waals surface area contributed by atoms with Crippen molar-refractivity contribution in [2.45, 2.75) is 51.9 Å². The predicted octanol–water partition coefficient (Wildman–Crippen LogP) is 13.1. The van der Waals surface area contributed by atoms with E-state index in [1.54, 1.807) is 62.6 Å². The number of fused-ring (bicyclic) bond motifs is 2. The minimum absolute atomic E-state index is 0.00854. The average molecular weight is 969 g/mol. The standard InChI is InChI=1S/C28H22Cl3FN2O3.C19H15Cl2FN2O3/c1-17(18-7-6-8-19(29)13-18)16-36-23-9-2-3-10-24(23)37-25-14-20(22(32)15-21(25)30)26-27(31)33-11-4-5-12-34(33)28(26)35;20-12-10-13(22)11(9-16(12)27-15-6-2-1-5-14(15)25)17-18(21)23-7-3-4-8-24(23)19(17)26/h2-3,6-10,13-15H,1,4-5,11-12,16H2;1-2,5-6,9-10,25H,3-4,7-8H2. The Labute approximate surface area is 390 Å². The Kier molecular flexibility index (Phi) is 13.5. The first-order valence-electron chi connectivity index (χ1n) is 20.1. The third-order valence-electron chi connectivity index (χ3n) is 10.7. The Hall–Kier alpha value is -5.63. The van der Waals surface area contributed by atoms with E-state index in [4.69, 9.17) is 72.2 Å². The van der Waals surface area contributed by atoms with Crippen LogP contribution in [0.25, 0.3) is 27.8 Å². The van der Waals surface area contributed by atoms with Crippen LogP contribution in [0.4, 0.5) is 8.78 Å². The lowest BCUT2D eigenvalue weighted by Crippen LogP contribution is -2.27. The van der Waals surface area contributed by atoms with E-state index in [0.717, 1.165) is 49.0 Å². The van der Waals surface area contributed by atoms with Gasteiger partial charge in [-0.05, 0) is 97.5 Å². The summed E-state index contributed by atoms with van der Waals surface area (Å²) in [5.74, 6) is -0.196. The third kappa shape index (κ3) is 9.16. The van der Waals surface area contributed by atoms with Gasteiger partial charge in [0.1, 0.15) is 40.0 Å². The molecule has 2 aliphatic heterocycles. The molecule has 2 aliphatic rings. The summed E-state index contributed by atoms with van der Waals surface area (Å²) in [4.78, 5) is 25.8. The van der Waals surface area contributed by atoms with E-state index in [9.17, 15) is 19.1 Å². The van der Waals surface area contributed by atoms with Crippen molar-refractivity contribution in [1.29, 1.82) is 0 Å². The number of hydrogen-bond acceptors (Lipinski definition) is 6. The zero-order chi connectivity index (χ0) is 45.2. The van der Waals surface area contributed by atoms with Crippen molar-refractivity contribution in [1.82, 2.24) is 18.7 Å². The van der Waals surface area contributed by atoms with E-state index < -0.39 is 11.6 Å². The molecule has 330 valence electrons. The highest BCUT2D eigenvalue weighted by Crippen LogP contribution is 2.42. The summed E-state index contributed by atoms with van der Waals surface area (Å²) in [5, 5.41) is 10.9. The van der Waals surface area contributed by atoms with E-state index in [-0.39, 0.29) is 83.3 Å². The highest BCUT2D eigenvalue weighted by molar-refractivity contribution is 6.34. The van der Waals surface area contributed by atoms with E-state index >= 15 is 4.39 Å². The van der Waals surface area contributed by atoms with Gasteiger partial charge in [0.2, 0.25) is 0 Å². The summed E-state index contributed by atoms with van der Waals surface area (Å²) in [6.07, 6.45) is 3.52. The Morgan fingerprint density at radius 2 is 1.05 bits per heavy atom. The fourth-order valence-corrected chi connectivity index (χ4v) is 8.78. The second kappa shape index (κ2) is 19.2. The molecule has 0 fully saturated rings. The molecule has 5 aromatic carbocycles. The number of phenolic OH excluding ortho intramolecular Hbond substituents is 1. The second-order valence-electron chi connectivity index (χ2n) is 14.9. The van der Waals surface area contributed by atoms with Gasteiger partial charge >= 0.3 is 0 Å². The fourth-order valence-electron chi connectivity index (χ4n) is 7.49. The molecule has 0 bridgehead atoms. The number of hydrogen-bond donors (Lipinski definition) is 1. The van der Waals surface area contributed by atoms with Crippen molar-refractivity contribution in [2.24, 2.45) is 0 Å². The lowest BCUT2D eigenvalue weighted by Gasteiger charge is -2.17. The molecule has 0 amide bonds. The van der Waals surface area contributed by atoms with Crippen molar-refractivity contribution in [2.75, 3.05) is 6.61 Å². The normalized spacial score (nSPS) is 13.0. The molecule has 0 spiro atoms. The quantitative estimate of drug-likeness (QED) is 0.146. The summed E-state index contributed by atoms with van der Waals surface area (Å²) in [5.41, 5.74) is 1.09. The molecular weight excluding hydrogens is 932 g/mol. The van der Waals surface area contributed by atoms with Gasteiger partial charge in [-0.3, -0.25) is 19.0 Å². The van der Waals surface area contributed by atoms with Crippen molar-refractivity contribution in [3.05, 3.63) is 167 Å². The molecule has 9 rings (SSSR count). The highest BCUT2D eigenvalue weighted by atomic mass is 35.5. The summed E-state index contributed by atoms with van der Waals surface area (Å²) >= 11 is 31.4. The van der Waals surface area contributed by atoms with Gasteiger partial charge in [-0.15, -0.1) is 0 Å². The minimum atomic E-state index is -0.674. The SMILES string of the molecule is C=C(COc1ccccc1Oc1cc(-c2c(Cl)n3n(c2=O)CCCC3)c(F)cc1Cl)c1cccc(Cl)c1.O=c1c(-c2cc(Oc3ccccc3O)c(Cl)cc2F)c(Cl)n2n1CCCC2. The van der Waals surface area contributed by atoms with Crippen LogP contribution in [0.2, 0.25) is 25.4 Å². The topological polar surface area (TPSA) is 102 Å². The number of aromatic hydroxyl groups is 1. The van der Waals surface area contributed by atoms with Gasteiger partial charge in [-0.2, -0.15) is 0 Å². The lowest BCUT2D eigenvalue weighted by atomic mass is 10.1. The van der Waals surface area contributed by atoms with Crippen LogP contribution in [0.1, 0.15) is 31.2 Å². The Balaban J connectivity index is 0.000000184. The van der Waals surface area contributed by atoms with E-state index in [1.165, 1.54) is 22.9 Å². The van der Waals surface area contributed by atoms with Crippen LogP contribution in [0.5, 0.6) is 34.5 Å². The first-order valence-corrected chi connectivity index (χ1v) is 22.0. The van der Waals surface area contributed by atoms with Crippen LogP contribution < -0.4 is 25.3 Å². The van der Waals surface area contributed by atoms with Gasteiger partial charge in [0.15, 0.2) is 23.0 Å². The molecule has 2 aromatic heterocycles. The first kappa shape index (κ1) is 45.0. The molecular formula is C47H37Cl5F2N4O6. The van der Waals surface area contributed by atoms with Gasteiger partial charge in [-0.25, -0.2) is 18.1 Å². The van der Waals surface area contributed by atoms with E-state index in [2.05, 4.69) is 6.58 Å². The number of nitrogens with zero attached hydrogens (tertiary/aromatic N) is 4. The number of aromatic nitrogens is 4. The van der Waals surface area contributed by atoms with E-state index in [0.29, 0.717) is 42.7 Å². The largest absolute Gasteiger partial charge is 0.504 e. The molecule has 4 heterocycles. The fraction of sp³-hybridized carbons (Fsp3) is 0.191. The van der Waals surface area contributed by atoms with E-state index in [1.807, 2.05) is 18.2 Å². The maximum atomic E-state index is 15.1. The number of rotatable bonds is 10. The van der Waals surface area contributed by atoms with Crippen LogP contribution in [0.15, 0.2) is 113 Å². The zero-order valence-corrected chi connectivity index (χ0v) is 37.5. The number of phenols is 1. The van der Waals surface area contributed by atoms with Gasteiger partial charge in [0.05, 0.1) is 21.2 Å².